The lowest BCUT2D eigenvalue weighted by molar-refractivity contribution is -0.149. The molecule has 3 aliphatic heterocycles. The number of piperazine rings is 2. The third kappa shape index (κ3) is 7.07. The number of H-pyrrole nitrogens is 1. The molecule has 0 bridgehead atoms. The molecule has 0 spiro atoms. The Morgan fingerprint density at radius 1 is 0.964 bits per heavy atom. The van der Waals surface area contributed by atoms with Gasteiger partial charge < -0.3 is 34.8 Å². The fraction of sp³-hybridized carbons (Fsp3) is 0.316. The van der Waals surface area contributed by atoms with E-state index in [1.165, 1.54) is 26.9 Å². The number of nitrogens with one attached hydrogen (secondary N) is 2. The molecule has 5 aromatic rings. The van der Waals surface area contributed by atoms with Gasteiger partial charge in [0.05, 0.1) is 24.0 Å². The van der Waals surface area contributed by atoms with Crippen molar-refractivity contribution >= 4 is 69.2 Å². The van der Waals surface area contributed by atoms with Crippen LogP contribution in [0.3, 0.4) is 0 Å². The smallest absolute Gasteiger partial charge is 0.352 e. The van der Waals surface area contributed by atoms with Crippen molar-refractivity contribution in [3.63, 3.8) is 0 Å². The maximum atomic E-state index is 14.2. The fourth-order valence-electron chi connectivity index (χ4n) is 7.71. The van der Waals surface area contributed by atoms with Gasteiger partial charge in [0.1, 0.15) is 18.1 Å². The van der Waals surface area contributed by atoms with E-state index in [-0.39, 0.29) is 43.2 Å². The van der Waals surface area contributed by atoms with E-state index < -0.39 is 29.7 Å². The number of amides is 4. The molecule has 3 saturated heterocycles. The predicted octanol–water partition coefficient (Wildman–Crippen LogP) is 2.75. The van der Waals surface area contributed by atoms with E-state index in [0.29, 0.717) is 70.5 Å². The Kier molecular flexibility index (Phi) is 9.96. The van der Waals surface area contributed by atoms with Gasteiger partial charge in [-0.3, -0.25) is 24.1 Å². The molecule has 3 aromatic carbocycles. The maximum absolute atomic E-state index is 14.2. The number of ether oxygens (including phenoxy) is 1. The lowest BCUT2D eigenvalue weighted by Gasteiger charge is -2.41. The van der Waals surface area contributed by atoms with Crippen LogP contribution in [-0.2, 0) is 30.3 Å². The maximum Gasteiger partial charge on any atom is 0.352 e. The number of nitrogens with zero attached hydrogens (tertiary/aromatic N) is 8. The standard InChI is InChI=1S/C38H37ClN10O7/c1-22-35(51)46(12-11-45(22)28-10-15-56-20-28)27-6-2-23(3-7-27)16-33(34(50)41-26-5-8-29-24(17-26)18-30(42-29)38(54)55)48-14-13-47(36(52)37(48)53)32-19-25(39)4-9-31(32)49-21-40-43-44-49/h2-9,17-19,21-22,28,33,42H,10-16,20H2,1H3,(H,41,50)(H,54,55). The number of benzene rings is 3. The highest BCUT2D eigenvalue weighted by Crippen LogP contribution is 2.31. The van der Waals surface area contributed by atoms with Crippen molar-refractivity contribution in [3.05, 3.63) is 89.3 Å². The zero-order valence-electron chi connectivity index (χ0n) is 30.2. The quantitative estimate of drug-likeness (QED) is 0.176. The van der Waals surface area contributed by atoms with Crippen LogP contribution in [0.4, 0.5) is 17.1 Å². The summed E-state index contributed by atoms with van der Waals surface area (Å²) in [4.78, 5) is 76.5. The van der Waals surface area contributed by atoms with E-state index in [2.05, 4.69) is 30.7 Å². The molecular weight excluding hydrogens is 744 g/mol. The van der Waals surface area contributed by atoms with Gasteiger partial charge in [0, 0.05) is 72.5 Å². The molecular formula is C38H37ClN10O7. The van der Waals surface area contributed by atoms with Gasteiger partial charge in [0.25, 0.3) is 0 Å². The van der Waals surface area contributed by atoms with Crippen LogP contribution in [0.25, 0.3) is 16.6 Å². The van der Waals surface area contributed by atoms with Crippen molar-refractivity contribution in [2.24, 2.45) is 0 Å². The first-order valence-electron chi connectivity index (χ1n) is 18.1. The summed E-state index contributed by atoms with van der Waals surface area (Å²) in [6, 6.07) is 17.2. The summed E-state index contributed by atoms with van der Waals surface area (Å²) in [5.41, 5.74) is 3.10. The third-order valence-corrected chi connectivity index (χ3v) is 10.9. The second-order valence-electron chi connectivity index (χ2n) is 13.9. The second-order valence-corrected chi connectivity index (χ2v) is 14.4. The van der Waals surface area contributed by atoms with E-state index >= 15 is 0 Å². The summed E-state index contributed by atoms with van der Waals surface area (Å²) in [6.45, 7) is 4.51. The van der Waals surface area contributed by atoms with E-state index in [4.69, 9.17) is 16.3 Å². The molecule has 17 nitrogen and oxygen atoms in total. The predicted molar refractivity (Wildman–Crippen MR) is 204 cm³/mol. The van der Waals surface area contributed by atoms with Crippen LogP contribution < -0.4 is 15.1 Å². The number of carboxylic acids is 1. The highest BCUT2D eigenvalue weighted by molar-refractivity contribution is 6.41. The fourth-order valence-corrected chi connectivity index (χ4v) is 7.88. The molecule has 2 aromatic heterocycles. The van der Waals surface area contributed by atoms with E-state index in [1.54, 1.807) is 41.3 Å². The van der Waals surface area contributed by atoms with Gasteiger partial charge in [-0.05, 0) is 83.9 Å². The van der Waals surface area contributed by atoms with Crippen molar-refractivity contribution in [3.8, 4) is 5.69 Å². The lowest BCUT2D eigenvalue weighted by atomic mass is 10.0. The number of fused-ring (bicyclic) bond motifs is 1. The summed E-state index contributed by atoms with van der Waals surface area (Å²) in [6.07, 6.45) is 2.31. The third-order valence-electron chi connectivity index (χ3n) is 10.6. The zero-order valence-corrected chi connectivity index (χ0v) is 30.9. The van der Waals surface area contributed by atoms with Crippen LogP contribution in [-0.4, -0.2) is 127 Å². The molecule has 288 valence electrons. The summed E-state index contributed by atoms with van der Waals surface area (Å²) in [5.74, 6) is -3.44. The van der Waals surface area contributed by atoms with Gasteiger partial charge in [-0.25, -0.2) is 4.79 Å². The minimum atomic E-state index is -1.13. The Labute approximate surface area is 324 Å². The van der Waals surface area contributed by atoms with E-state index in [9.17, 15) is 29.1 Å². The monoisotopic (exact) mass is 780 g/mol. The minimum Gasteiger partial charge on any atom is -0.477 e. The van der Waals surface area contributed by atoms with Gasteiger partial charge in [-0.2, -0.15) is 4.68 Å². The number of carbonyl (C=O) groups is 5. The molecule has 3 aliphatic rings. The van der Waals surface area contributed by atoms with Crippen LogP contribution in [0.2, 0.25) is 5.02 Å². The van der Waals surface area contributed by atoms with E-state index in [1.807, 2.05) is 31.2 Å². The first kappa shape index (κ1) is 36.8. The number of aromatic nitrogens is 5. The highest BCUT2D eigenvalue weighted by Gasteiger charge is 2.41. The molecule has 3 N–H and O–H groups in total. The number of carbonyl (C=O) groups excluding carboxylic acids is 4. The van der Waals surface area contributed by atoms with Crippen molar-refractivity contribution in [2.75, 3.05) is 54.5 Å². The SMILES string of the molecule is CC1C(=O)N(c2ccc(CC(C(=O)Nc3ccc4[nH]c(C(=O)O)cc4c3)N3CCN(c4cc(Cl)ccc4-n4cnnn4)C(=O)C3=O)cc2)CCN1C1CCOC1. The van der Waals surface area contributed by atoms with Crippen molar-refractivity contribution in [2.45, 2.75) is 37.9 Å². The molecule has 56 heavy (non-hydrogen) atoms. The molecule has 0 aliphatic carbocycles. The number of aromatic carboxylic acids is 1. The van der Waals surface area contributed by atoms with Crippen molar-refractivity contribution in [1.82, 2.24) is 35.0 Å². The van der Waals surface area contributed by atoms with Gasteiger partial charge in [-0.15, -0.1) is 5.10 Å². The van der Waals surface area contributed by atoms with Gasteiger partial charge in [0.2, 0.25) is 11.8 Å². The Hall–Kier alpha value is -6.17. The van der Waals surface area contributed by atoms with E-state index in [0.717, 1.165) is 6.42 Å². The topological polar surface area (TPSA) is 199 Å². The van der Waals surface area contributed by atoms with Crippen LogP contribution in [0.1, 0.15) is 29.4 Å². The number of anilines is 3. The molecule has 3 atom stereocenters. The van der Waals surface area contributed by atoms with Crippen LogP contribution in [0.15, 0.2) is 73.1 Å². The molecule has 4 amide bonds. The van der Waals surface area contributed by atoms with Crippen LogP contribution in [0.5, 0.6) is 0 Å². The average Bonchev–Trinajstić information content (AvgIpc) is 4.00. The second kappa shape index (κ2) is 15.2. The summed E-state index contributed by atoms with van der Waals surface area (Å²) >= 11 is 6.33. The summed E-state index contributed by atoms with van der Waals surface area (Å²) in [5, 5.41) is 24.5. The molecule has 8 rings (SSSR count). The van der Waals surface area contributed by atoms with Gasteiger partial charge in [0.15, 0.2) is 0 Å². The normalized spacial score (nSPS) is 19.9. The minimum absolute atomic E-state index is 0.00354. The number of hydrogen-bond acceptors (Lipinski definition) is 10. The molecule has 18 heteroatoms. The first-order chi connectivity index (χ1) is 27.0. The Balaban J connectivity index is 1.05. The average molecular weight is 781 g/mol. The Morgan fingerprint density at radius 2 is 1.77 bits per heavy atom. The number of carboxylic acid groups (broad SMARTS) is 1. The molecule has 5 heterocycles. The zero-order chi connectivity index (χ0) is 39.1. The van der Waals surface area contributed by atoms with Gasteiger partial charge >= 0.3 is 17.8 Å². The van der Waals surface area contributed by atoms with Crippen molar-refractivity contribution in [1.29, 1.82) is 0 Å². The van der Waals surface area contributed by atoms with Crippen LogP contribution in [0, 0.1) is 0 Å². The van der Waals surface area contributed by atoms with Crippen molar-refractivity contribution < 1.29 is 33.8 Å². The molecule has 3 unspecified atom stereocenters. The first-order valence-corrected chi connectivity index (χ1v) is 18.5. The number of tetrazole rings is 1. The summed E-state index contributed by atoms with van der Waals surface area (Å²) in [7, 11) is 0. The lowest BCUT2D eigenvalue weighted by Crippen LogP contribution is -2.60. The number of hydrogen-bond donors (Lipinski definition) is 3. The molecule has 3 fully saturated rings. The number of aromatic amines is 1. The number of halogens is 1. The Morgan fingerprint density at radius 3 is 2.50 bits per heavy atom. The largest absolute Gasteiger partial charge is 0.477 e. The Bertz CT molecular complexity index is 2330. The highest BCUT2D eigenvalue weighted by atomic mass is 35.5. The van der Waals surface area contributed by atoms with Crippen LogP contribution >= 0.6 is 11.6 Å². The summed E-state index contributed by atoms with van der Waals surface area (Å²) < 4.78 is 6.91. The molecule has 0 radical (unpaired) electrons. The molecule has 0 saturated carbocycles. The van der Waals surface area contributed by atoms with Gasteiger partial charge in [-0.1, -0.05) is 23.7 Å². The number of rotatable bonds is 10.